The third kappa shape index (κ3) is 3.68. The first-order valence-electron chi connectivity index (χ1n) is 6.86. The van der Waals surface area contributed by atoms with Gasteiger partial charge in [0.1, 0.15) is 0 Å². The molecule has 0 aliphatic rings. The van der Waals surface area contributed by atoms with Crippen molar-refractivity contribution in [2.45, 2.75) is 31.2 Å². The molecule has 0 fully saturated rings. The summed E-state index contributed by atoms with van der Waals surface area (Å²) in [5.41, 5.74) is 8.33. The summed E-state index contributed by atoms with van der Waals surface area (Å²) < 4.78 is 8.07. The molecule has 2 rings (SSSR count). The van der Waals surface area contributed by atoms with Gasteiger partial charge >= 0.3 is 0 Å². The van der Waals surface area contributed by atoms with E-state index in [0.29, 0.717) is 21.8 Å². The van der Waals surface area contributed by atoms with Crippen molar-refractivity contribution in [1.82, 2.24) is 14.8 Å². The summed E-state index contributed by atoms with van der Waals surface area (Å²) >= 11 is 2.66. The normalized spacial score (nSPS) is 12.5. The number of anilines is 1. The third-order valence-electron chi connectivity index (χ3n) is 3.38. The van der Waals surface area contributed by atoms with Gasteiger partial charge in [-0.1, -0.05) is 23.1 Å². The number of ketones is 1. The van der Waals surface area contributed by atoms with Gasteiger partial charge in [0.15, 0.2) is 10.1 Å². The standard InChI is InChI=1S/C14H20N4O2S2/c1-8-5-11(10(3)18(8)9(2)6-20-4)12(19)7-21-14-17-16-13(15)22-14/h5,9H,6-7H2,1-4H3,(H2,15,16)/t9-/m0/s1. The molecule has 8 heteroatoms. The zero-order valence-corrected chi connectivity index (χ0v) is 14.8. The van der Waals surface area contributed by atoms with Crippen LogP contribution in [0.2, 0.25) is 0 Å². The van der Waals surface area contributed by atoms with Crippen molar-refractivity contribution >= 4 is 34.0 Å². The van der Waals surface area contributed by atoms with Crippen molar-refractivity contribution in [3.8, 4) is 0 Å². The van der Waals surface area contributed by atoms with Crippen LogP contribution in [0.1, 0.15) is 34.7 Å². The van der Waals surface area contributed by atoms with Gasteiger partial charge < -0.3 is 15.0 Å². The highest BCUT2D eigenvalue weighted by molar-refractivity contribution is 8.01. The Balaban J connectivity index is 2.11. The maximum Gasteiger partial charge on any atom is 0.203 e. The molecule has 0 amide bonds. The van der Waals surface area contributed by atoms with E-state index in [0.717, 1.165) is 17.0 Å². The van der Waals surface area contributed by atoms with Gasteiger partial charge in [-0.05, 0) is 26.8 Å². The Hall–Kier alpha value is -1.38. The molecule has 2 heterocycles. The molecular weight excluding hydrogens is 320 g/mol. The lowest BCUT2D eigenvalue weighted by Crippen LogP contribution is -2.14. The SMILES string of the molecule is COC[C@H](C)n1c(C)cc(C(=O)CSc2nnc(N)s2)c1C. The Kier molecular flexibility index (Phi) is 5.60. The second-order valence-corrected chi connectivity index (χ2v) is 7.31. The highest BCUT2D eigenvalue weighted by Crippen LogP contribution is 2.26. The zero-order chi connectivity index (χ0) is 16.3. The van der Waals surface area contributed by atoms with Gasteiger partial charge in [-0.15, -0.1) is 10.2 Å². The minimum absolute atomic E-state index is 0.0859. The van der Waals surface area contributed by atoms with Gasteiger partial charge in [0.25, 0.3) is 0 Å². The molecule has 0 aliphatic carbocycles. The van der Waals surface area contributed by atoms with Crippen molar-refractivity contribution in [2.75, 3.05) is 25.2 Å². The Labute approximate surface area is 138 Å². The van der Waals surface area contributed by atoms with Crippen molar-refractivity contribution in [3.63, 3.8) is 0 Å². The number of hydrogen-bond acceptors (Lipinski definition) is 7. The molecule has 1 atom stereocenters. The lowest BCUT2D eigenvalue weighted by molar-refractivity contribution is 0.102. The molecule has 2 N–H and O–H groups in total. The van der Waals surface area contributed by atoms with E-state index in [1.807, 2.05) is 19.9 Å². The summed E-state index contributed by atoms with van der Waals surface area (Å²) in [5.74, 6) is 0.417. The number of nitrogen functional groups attached to an aromatic ring is 1. The number of thioether (sulfide) groups is 1. The first-order chi connectivity index (χ1) is 10.4. The number of nitrogens with zero attached hydrogens (tertiary/aromatic N) is 3. The molecule has 0 saturated carbocycles. The summed E-state index contributed by atoms with van der Waals surface area (Å²) in [4.78, 5) is 12.5. The van der Waals surface area contributed by atoms with Crippen molar-refractivity contribution in [2.24, 2.45) is 0 Å². The molecular formula is C14H20N4O2S2. The summed E-state index contributed by atoms with van der Waals surface area (Å²) in [5, 5.41) is 8.07. The van der Waals surface area contributed by atoms with E-state index in [-0.39, 0.29) is 11.8 Å². The minimum Gasteiger partial charge on any atom is -0.383 e. The van der Waals surface area contributed by atoms with E-state index in [1.54, 1.807) is 7.11 Å². The van der Waals surface area contributed by atoms with Crippen LogP contribution in [0.25, 0.3) is 0 Å². The molecule has 0 aromatic carbocycles. The Morgan fingerprint density at radius 1 is 1.50 bits per heavy atom. The van der Waals surface area contributed by atoms with Crippen LogP contribution in [-0.2, 0) is 4.74 Å². The third-order valence-corrected chi connectivity index (χ3v) is 5.27. The largest absolute Gasteiger partial charge is 0.383 e. The van der Waals surface area contributed by atoms with Gasteiger partial charge in [0, 0.05) is 24.1 Å². The number of nitrogens with two attached hydrogens (primary N) is 1. The molecule has 120 valence electrons. The van der Waals surface area contributed by atoms with Gasteiger partial charge in [0.05, 0.1) is 18.4 Å². The number of carbonyl (C=O) groups excluding carboxylic acids is 1. The fourth-order valence-corrected chi connectivity index (χ4v) is 4.06. The minimum atomic E-state index is 0.0859. The Morgan fingerprint density at radius 3 is 2.82 bits per heavy atom. The highest BCUT2D eigenvalue weighted by Gasteiger charge is 2.19. The second-order valence-electron chi connectivity index (χ2n) is 5.08. The number of rotatable bonds is 7. The first kappa shape index (κ1) is 17.0. The molecule has 0 saturated heterocycles. The lowest BCUT2D eigenvalue weighted by atomic mass is 10.2. The first-order valence-corrected chi connectivity index (χ1v) is 8.66. The fourth-order valence-electron chi connectivity index (χ4n) is 2.54. The van der Waals surface area contributed by atoms with E-state index in [9.17, 15) is 4.79 Å². The number of ether oxygens (including phenoxy) is 1. The number of Topliss-reactive ketones (excluding diaryl/α,β-unsaturated/α-hetero) is 1. The summed E-state index contributed by atoms with van der Waals surface area (Å²) in [6.07, 6.45) is 0. The van der Waals surface area contributed by atoms with E-state index in [4.69, 9.17) is 10.5 Å². The second kappa shape index (κ2) is 7.26. The predicted molar refractivity (Wildman–Crippen MR) is 89.9 cm³/mol. The predicted octanol–water partition coefficient (Wildman–Crippen LogP) is 2.72. The molecule has 0 spiro atoms. The van der Waals surface area contributed by atoms with E-state index < -0.39 is 0 Å². The van der Waals surface area contributed by atoms with Crippen LogP contribution in [0, 0.1) is 13.8 Å². The topological polar surface area (TPSA) is 83.0 Å². The zero-order valence-electron chi connectivity index (χ0n) is 13.1. The Morgan fingerprint density at radius 2 is 2.23 bits per heavy atom. The average molecular weight is 340 g/mol. The number of hydrogen-bond donors (Lipinski definition) is 1. The maximum absolute atomic E-state index is 12.5. The number of methoxy groups -OCH3 is 1. The van der Waals surface area contributed by atoms with Crippen molar-refractivity contribution in [1.29, 1.82) is 0 Å². The van der Waals surface area contributed by atoms with Crippen LogP contribution >= 0.6 is 23.1 Å². The smallest absolute Gasteiger partial charge is 0.203 e. The number of carbonyl (C=O) groups is 1. The molecule has 22 heavy (non-hydrogen) atoms. The van der Waals surface area contributed by atoms with Gasteiger partial charge in [-0.2, -0.15) is 0 Å². The van der Waals surface area contributed by atoms with Crippen LogP contribution in [0.3, 0.4) is 0 Å². The average Bonchev–Trinajstić information content (AvgIpc) is 3.00. The van der Waals surface area contributed by atoms with Crippen LogP contribution in [0.5, 0.6) is 0 Å². The monoisotopic (exact) mass is 340 g/mol. The number of aromatic nitrogens is 3. The van der Waals surface area contributed by atoms with Crippen molar-refractivity contribution in [3.05, 3.63) is 23.0 Å². The fraction of sp³-hybridized carbons (Fsp3) is 0.500. The molecule has 0 bridgehead atoms. The maximum atomic E-state index is 12.5. The van der Waals surface area contributed by atoms with Crippen molar-refractivity contribution < 1.29 is 9.53 Å². The van der Waals surface area contributed by atoms with Crippen LogP contribution in [0.15, 0.2) is 10.4 Å². The van der Waals surface area contributed by atoms with E-state index in [2.05, 4.69) is 21.7 Å². The summed E-state index contributed by atoms with van der Waals surface area (Å²) in [6.45, 7) is 6.67. The van der Waals surface area contributed by atoms with Gasteiger partial charge in [-0.25, -0.2) is 0 Å². The van der Waals surface area contributed by atoms with E-state index in [1.165, 1.54) is 23.1 Å². The summed E-state index contributed by atoms with van der Waals surface area (Å²) in [6, 6.07) is 2.14. The molecule has 2 aromatic rings. The quantitative estimate of drug-likeness (QED) is 0.616. The number of aryl methyl sites for hydroxylation is 1. The van der Waals surface area contributed by atoms with Crippen LogP contribution in [-0.4, -0.2) is 40.0 Å². The molecule has 6 nitrogen and oxygen atoms in total. The van der Waals surface area contributed by atoms with Gasteiger partial charge in [-0.3, -0.25) is 4.79 Å². The molecule has 0 radical (unpaired) electrons. The van der Waals surface area contributed by atoms with Crippen LogP contribution < -0.4 is 5.73 Å². The molecule has 0 aliphatic heterocycles. The molecule has 0 unspecified atom stereocenters. The van der Waals surface area contributed by atoms with Crippen LogP contribution in [0.4, 0.5) is 5.13 Å². The lowest BCUT2D eigenvalue weighted by Gasteiger charge is -2.17. The highest BCUT2D eigenvalue weighted by atomic mass is 32.2. The Bertz CT molecular complexity index is 666. The van der Waals surface area contributed by atoms with E-state index >= 15 is 0 Å². The molecule has 2 aromatic heterocycles. The summed E-state index contributed by atoms with van der Waals surface area (Å²) in [7, 11) is 1.68. The van der Waals surface area contributed by atoms with Gasteiger partial charge in [0.2, 0.25) is 5.13 Å².